The van der Waals surface area contributed by atoms with Crippen LogP contribution in [0.15, 0.2) is 18.2 Å². The summed E-state index contributed by atoms with van der Waals surface area (Å²) in [7, 11) is 1.49. The zero-order chi connectivity index (χ0) is 26.4. The Bertz CT molecular complexity index is 1150. The molecule has 0 bridgehead atoms. The highest BCUT2D eigenvalue weighted by molar-refractivity contribution is 6.03. The molecule has 0 aromatic heterocycles. The molecule has 1 saturated carbocycles. The zero-order valence-electron chi connectivity index (χ0n) is 20.9. The molecule has 192 valence electrons. The highest BCUT2D eigenvalue weighted by Gasteiger charge is 2.58. The number of nitrogens with two attached hydrogens (primary N) is 1. The van der Waals surface area contributed by atoms with Gasteiger partial charge < -0.3 is 25.4 Å². The number of para-hydroxylation sites is 1. The average Bonchev–Trinajstić information content (AvgIpc) is 3.54. The van der Waals surface area contributed by atoms with Gasteiger partial charge in [-0.3, -0.25) is 19.3 Å². The van der Waals surface area contributed by atoms with E-state index in [1.165, 1.54) is 16.8 Å². The van der Waals surface area contributed by atoms with Gasteiger partial charge >= 0.3 is 6.09 Å². The van der Waals surface area contributed by atoms with E-state index >= 15 is 0 Å². The van der Waals surface area contributed by atoms with Crippen molar-refractivity contribution >= 4 is 29.5 Å². The second kappa shape index (κ2) is 9.00. The van der Waals surface area contributed by atoms with Crippen LogP contribution in [0.5, 0.6) is 5.75 Å². The van der Waals surface area contributed by atoms with Crippen LogP contribution >= 0.6 is 0 Å². The normalized spacial score (nSPS) is 23.7. The van der Waals surface area contributed by atoms with Gasteiger partial charge in [-0.25, -0.2) is 4.79 Å². The number of primary amides is 1. The Hall–Kier alpha value is -3.81. The molecule has 1 aliphatic carbocycles. The summed E-state index contributed by atoms with van der Waals surface area (Å²) in [5.41, 5.74) is 3.85. The molecule has 2 aliphatic heterocycles. The standard InChI is InChI=1S/C25H31N5O6/c1-24(2,3)36-23(34)29(4)17(10-14-8-9-14)21(32)30-13-25(11-18(30)20(27)31)22(33)28-16-7-5-6-15(12-26)19(16)35-25/h5-7,14,17-18H,8-11,13H2,1-4H3,(H2,27,31)(H,28,33)/t17-,18-,25+/m0/s1. The number of hydrogen-bond acceptors (Lipinski definition) is 7. The number of carbonyl (C=O) groups is 4. The van der Waals surface area contributed by atoms with Crippen molar-refractivity contribution < 1.29 is 28.7 Å². The highest BCUT2D eigenvalue weighted by atomic mass is 16.6. The first-order chi connectivity index (χ1) is 16.8. The lowest BCUT2D eigenvalue weighted by molar-refractivity contribution is -0.142. The predicted molar refractivity (Wildman–Crippen MR) is 128 cm³/mol. The lowest BCUT2D eigenvalue weighted by atomic mass is 9.96. The van der Waals surface area contributed by atoms with Gasteiger partial charge in [-0.2, -0.15) is 5.26 Å². The van der Waals surface area contributed by atoms with Gasteiger partial charge in [-0.1, -0.05) is 18.9 Å². The van der Waals surface area contributed by atoms with Gasteiger partial charge in [0.25, 0.3) is 5.91 Å². The molecule has 1 aromatic rings. The van der Waals surface area contributed by atoms with E-state index in [1.807, 2.05) is 6.07 Å². The maximum atomic E-state index is 13.9. The SMILES string of the molecule is CN(C(=O)OC(C)(C)C)[C@@H](CC1CC1)C(=O)N1C[C@@]2(C[C@H]1C(N)=O)Oc1c(C#N)cccc1NC2=O. The summed E-state index contributed by atoms with van der Waals surface area (Å²) in [5.74, 6) is -1.39. The molecule has 11 heteroatoms. The van der Waals surface area contributed by atoms with Gasteiger partial charge in [0.15, 0.2) is 5.75 Å². The molecule has 1 spiro atoms. The number of likely N-dealkylation sites (N-methyl/N-ethyl adjacent to an activating group) is 1. The third-order valence-electron chi connectivity index (χ3n) is 6.72. The van der Waals surface area contributed by atoms with E-state index < -0.39 is 47.1 Å². The molecule has 4 amide bonds. The van der Waals surface area contributed by atoms with Crippen LogP contribution < -0.4 is 15.8 Å². The number of nitriles is 1. The predicted octanol–water partition coefficient (Wildman–Crippen LogP) is 1.75. The average molecular weight is 498 g/mol. The van der Waals surface area contributed by atoms with Gasteiger partial charge in [-0.15, -0.1) is 0 Å². The molecule has 0 radical (unpaired) electrons. The Morgan fingerprint density at radius 3 is 2.64 bits per heavy atom. The maximum Gasteiger partial charge on any atom is 0.410 e. The van der Waals surface area contributed by atoms with E-state index in [-0.39, 0.29) is 30.2 Å². The van der Waals surface area contributed by atoms with Crippen LogP contribution in [0.1, 0.15) is 52.0 Å². The number of anilines is 1. The topological polar surface area (TPSA) is 155 Å². The first kappa shape index (κ1) is 25.3. The number of ether oxygens (including phenoxy) is 2. The lowest BCUT2D eigenvalue weighted by Gasteiger charge is -2.36. The molecule has 2 heterocycles. The minimum atomic E-state index is -1.61. The first-order valence-corrected chi connectivity index (χ1v) is 11.9. The lowest BCUT2D eigenvalue weighted by Crippen LogP contribution is -2.56. The van der Waals surface area contributed by atoms with Crippen molar-refractivity contribution in [3.8, 4) is 11.8 Å². The number of rotatable bonds is 5. The number of amides is 4. The fraction of sp³-hybridized carbons (Fsp3) is 0.560. The summed E-state index contributed by atoms with van der Waals surface area (Å²) < 4.78 is 11.5. The highest BCUT2D eigenvalue weighted by Crippen LogP contribution is 2.43. The second-order valence-corrected chi connectivity index (χ2v) is 10.7. The molecule has 1 aromatic carbocycles. The van der Waals surface area contributed by atoms with E-state index in [1.54, 1.807) is 39.0 Å². The summed E-state index contributed by atoms with van der Waals surface area (Å²) in [6.07, 6.45) is 1.44. The van der Waals surface area contributed by atoms with E-state index in [2.05, 4.69) is 5.32 Å². The van der Waals surface area contributed by atoms with Crippen LogP contribution in [0, 0.1) is 17.2 Å². The molecule has 1 saturated heterocycles. The minimum Gasteiger partial charge on any atom is -0.472 e. The van der Waals surface area contributed by atoms with Crippen molar-refractivity contribution in [2.45, 2.75) is 69.7 Å². The molecule has 3 atom stereocenters. The zero-order valence-corrected chi connectivity index (χ0v) is 20.9. The Labute approximate surface area is 209 Å². The molecule has 4 rings (SSSR count). The molecule has 2 fully saturated rings. The number of fused-ring (bicyclic) bond motifs is 1. The third kappa shape index (κ3) is 4.80. The summed E-state index contributed by atoms with van der Waals surface area (Å²) >= 11 is 0. The van der Waals surface area contributed by atoms with Crippen molar-refractivity contribution in [2.75, 3.05) is 18.9 Å². The number of nitrogens with one attached hydrogen (secondary N) is 1. The second-order valence-electron chi connectivity index (χ2n) is 10.7. The van der Waals surface area contributed by atoms with E-state index in [9.17, 15) is 24.4 Å². The smallest absolute Gasteiger partial charge is 0.410 e. The number of benzene rings is 1. The van der Waals surface area contributed by atoms with E-state index in [0.717, 1.165) is 12.8 Å². The van der Waals surface area contributed by atoms with Gasteiger partial charge in [0.05, 0.1) is 17.8 Å². The summed E-state index contributed by atoms with van der Waals surface area (Å²) in [6.45, 7) is 4.94. The first-order valence-electron chi connectivity index (χ1n) is 11.9. The number of hydrogen-bond donors (Lipinski definition) is 2. The van der Waals surface area contributed by atoms with Gasteiger partial charge in [0.2, 0.25) is 17.4 Å². The molecule has 3 N–H and O–H groups in total. The largest absolute Gasteiger partial charge is 0.472 e. The Balaban J connectivity index is 1.64. The van der Waals surface area contributed by atoms with Crippen molar-refractivity contribution in [1.82, 2.24) is 9.80 Å². The third-order valence-corrected chi connectivity index (χ3v) is 6.72. The quantitative estimate of drug-likeness (QED) is 0.628. The van der Waals surface area contributed by atoms with Crippen LogP contribution in [0.25, 0.3) is 0 Å². The fourth-order valence-corrected chi connectivity index (χ4v) is 4.65. The molecule has 36 heavy (non-hydrogen) atoms. The van der Waals surface area contributed by atoms with Gasteiger partial charge in [0.1, 0.15) is 23.8 Å². The van der Waals surface area contributed by atoms with Crippen molar-refractivity contribution in [3.05, 3.63) is 23.8 Å². The maximum absolute atomic E-state index is 13.9. The monoisotopic (exact) mass is 497 g/mol. The Morgan fingerprint density at radius 2 is 2.06 bits per heavy atom. The molecular formula is C25H31N5O6. The van der Waals surface area contributed by atoms with Crippen molar-refractivity contribution in [2.24, 2.45) is 11.7 Å². The summed E-state index contributed by atoms with van der Waals surface area (Å²) in [6, 6.07) is 4.76. The Kier molecular flexibility index (Phi) is 6.32. The number of likely N-dealkylation sites (tertiary alicyclic amines) is 1. The van der Waals surface area contributed by atoms with Crippen molar-refractivity contribution in [1.29, 1.82) is 5.26 Å². The number of nitrogens with zero attached hydrogens (tertiary/aromatic N) is 3. The number of carbonyl (C=O) groups excluding carboxylic acids is 4. The van der Waals surface area contributed by atoms with E-state index in [0.29, 0.717) is 12.1 Å². The minimum absolute atomic E-state index is 0.175. The van der Waals surface area contributed by atoms with Crippen LogP contribution in [-0.4, -0.2) is 70.5 Å². The Morgan fingerprint density at radius 1 is 1.36 bits per heavy atom. The fourth-order valence-electron chi connectivity index (χ4n) is 4.65. The van der Waals surface area contributed by atoms with Crippen LogP contribution in [0.3, 0.4) is 0 Å². The van der Waals surface area contributed by atoms with Crippen LogP contribution in [-0.2, 0) is 19.1 Å². The summed E-state index contributed by atoms with van der Waals surface area (Å²) in [4.78, 5) is 54.8. The summed E-state index contributed by atoms with van der Waals surface area (Å²) in [5, 5.41) is 12.2. The molecule has 0 unspecified atom stereocenters. The molecule has 11 nitrogen and oxygen atoms in total. The van der Waals surface area contributed by atoms with Crippen molar-refractivity contribution in [3.63, 3.8) is 0 Å². The van der Waals surface area contributed by atoms with E-state index in [4.69, 9.17) is 15.2 Å². The van der Waals surface area contributed by atoms with Gasteiger partial charge in [0, 0.05) is 13.5 Å². The van der Waals surface area contributed by atoms with Gasteiger partial charge in [-0.05, 0) is 45.2 Å². The van der Waals surface area contributed by atoms with Crippen LogP contribution in [0.2, 0.25) is 0 Å². The molecular weight excluding hydrogens is 466 g/mol. The van der Waals surface area contributed by atoms with Crippen LogP contribution in [0.4, 0.5) is 10.5 Å². The molecule has 3 aliphatic rings.